The lowest BCUT2D eigenvalue weighted by molar-refractivity contribution is -0.134. The summed E-state index contributed by atoms with van der Waals surface area (Å²) in [4.78, 5) is 27.4. The molecular weight excluding hydrogens is 310 g/mol. The summed E-state index contributed by atoms with van der Waals surface area (Å²) in [6, 6.07) is 9.02. The van der Waals surface area contributed by atoms with Gasteiger partial charge in [0.25, 0.3) is 5.91 Å². The van der Waals surface area contributed by atoms with Crippen LogP contribution in [0.25, 0.3) is 0 Å². The molecule has 1 aromatic rings. The normalized spacial score (nSPS) is 14.5. The molecular formula is C17H21N3O4. The van der Waals surface area contributed by atoms with E-state index in [1.807, 2.05) is 18.2 Å². The Morgan fingerprint density at radius 3 is 2.33 bits per heavy atom. The van der Waals surface area contributed by atoms with Crippen molar-refractivity contribution in [1.29, 1.82) is 5.26 Å². The van der Waals surface area contributed by atoms with E-state index >= 15 is 0 Å². The van der Waals surface area contributed by atoms with Crippen molar-refractivity contribution in [3.8, 4) is 17.6 Å². The highest BCUT2D eigenvalue weighted by atomic mass is 16.5. The van der Waals surface area contributed by atoms with Crippen molar-refractivity contribution >= 4 is 11.8 Å². The molecule has 0 atom stereocenters. The fourth-order valence-electron chi connectivity index (χ4n) is 2.56. The Kier molecular flexibility index (Phi) is 6.43. The van der Waals surface area contributed by atoms with Crippen molar-refractivity contribution in [3.63, 3.8) is 0 Å². The molecule has 1 saturated heterocycles. The number of ether oxygens (including phenoxy) is 2. The third kappa shape index (κ3) is 4.62. The summed E-state index contributed by atoms with van der Waals surface area (Å²) in [6.45, 7) is 1.96. The van der Waals surface area contributed by atoms with Crippen LogP contribution in [0, 0.1) is 11.3 Å². The lowest BCUT2D eigenvalue weighted by atomic mass is 10.3. The van der Waals surface area contributed by atoms with Crippen LogP contribution in [-0.2, 0) is 9.59 Å². The van der Waals surface area contributed by atoms with Crippen LogP contribution in [0.15, 0.2) is 24.3 Å². The average molecular weight is 331 g/mol. The van der Waals surface area contributed by atoms with E-state index in [9.17, 15) is 9.59 Å². The van der Waals surface area contributed by atoms with E-state index in [1.54, 1.807) is 29.0 Å². The Morgan fingerprint density at radius 1 is 1.08 bits per heavy atom. The SMILES string of the molecule is COc1ccccc1OCC(=O)N1CCCN(C(=O)CC#N)CC1. The van der Waals surface area contributed by atoms with E-state index in [-0.39, 0.29) is 24.8 Å². The largest absolute Gasteiger partial charge is 0.493 e. The number of amides is 2. The maximum absolute atomic E-state index is 12.3. The number of nitrogens with zero attached hydrogens (tertiary/aromatic N) is 3. The molecule has 0 N–H and O–H groups in total. The summed E-state index contributed by atoms with van der Waals surface area (Å²) in [6.07, 6.45) is 0.572. The van der Waals surface area contributed by atoms with E-state index in [4.69, 9.17) is 14.7 Å². The average Bonchev–Trinajstić information content (AvgIpc) is 2.86. The zero-order chi connectivity index (χ0) is 17.4. The van der Waals surface area contributed by atoms with Gasteiger partial charge in [-0.15, -0.1) is 0 Å². The molecule has 1 aliphatic heterocycles. The standard InChI is InChI=1S/C17H21N3O4/c1-23-14-5-2-3-6-15(14)24-13-17(22)20-10-4-9-19(11-12-20)16(21)7-8-18/h2-3,5-6H,4,7,9-13H2,1H3. The van der Waals surface area contributed by atoms with Crippen molar-refractivity contribution < 1.29 is 19.1 Å². The highest BCUT2D eigenvalue weighted by molar-refractivity contribution is 5.79. The first kappa shape index (κ1) is 17.6. The van der Waals surface area contributed by atoms with E-state index < -0.39 is 0 Å². The van der Waals surface area contributed by atoms with Gasteiger partial charge in [0.15, 0.2) is 18.1 Å². The third-order valence-electron chi connectivity index (χ3n) is 3.85. The van der Waals surface area contributed by atoms with E-state index in [0.29, 0.717) is 44.1 Å². The molecule has 1 aromatic carbocycles. The van der Waals surface area contributed by atoms with Gasteiger partial charge >= 0.3 is 0 Å². The van der Waals surface area contributed by atoms with Crippen LogP contribution in [0.2, 0.25) is 0 Å². The predicted molar refractivity (Wildman–Crippen MR) is 86.5 cm³/mol. The summed E-state index contributed by atoms with van der Waals surface area (Å²) in [5.41, 5.74) is 0. The minimum atomic E-state index is -0.183. The highest BCUT2D eigenvalue weighted by Crippen LogP contribution is 2.25. The second-order valence-corrected chi connectivity index (χ2v) is 5.39. The van der Waals surface area contributed by atoms with Crippen LogP contribution in [0.1, 0.15) is 12.8 Å². The molecule has 0 radical (unpaired) electrons. The molecule has 2 rings (SSSR count). The molecule has 0 spiro atoms. The van der Waals surface area contributed by atoms with Crippen LogP contribution >= 0.6 is 0 Å². The first-order valence-electron chi connectivity index (χ1n) is 7.84. The minimum Gasteiger partial charge on any atom is -0.493 e. The van der Waals surface area contributed by atoms with Crippen LogP contribution < -0.4 is 9.47 Å². The fourth-order valence-corrected chi connectivity index (χ4v) is 2.56. The second kappa shape index (κ2) is 8.77. The first-order chi connectivity index (χ1) is 11.7. The summed E-state index contributed by atoms with van der Waals surface area (Å²) in [5.74, 6) is 0.788. The zero-order valence-electron chi connectivity index (χ0n) is 13.7. The fraction of sp³-hybridized carbons (Fsp3) is 0.471. The van der Waals surface area contributed by atoms with Gasteiger partial charge in [0.2, 0.25) is 5.91 Å². The lowest BCUT2D eigenvalue weighted by Crippen LogP contribution is -2.39. The number of methoxy groups -OCH3 is 1. The van der Waals surface area contributed by atoms with E-state index in [2.05, 4.69) is 0 Å². The molecule has 24 heavy (non-hydrogen) atoms. The number of carbonyl (C=O) groups is 2. The van der Waals surface area contributed by atoms with Crippen molar-refractivity contribution in [3.05, 3.63) is 24.3 Å². The lowest BCUT2D eigenvalue weighted by Gasteiger charge is -2.22. The number of nitriles is 1. The van der Waals surface area contributed by atoms with Gasteiger partial charge in [-0.1, -0.05) is 12.1 Å². The van der Waals surface area contributed by atoms with Crippen molar-refractivity contribution in [2.75, 3.05) is 39.9 Å². The molecule has 0 aromatic heterocycles. The predicted octanol–water partition coefficient (Wildman–Crippen LogP) is 1.05. The summed E-state index contributed by atoms with van der Waals surface area (Å²) >= 11 is 0. The molecule has 0 saturated carbocycles. The molecule has 0 unspecified atom stereocenters. The molecule has 7 heteroatoms. The van der Waals surface area contributed by atoms with Crippen molar-refractivity contribution in [2.24, 2.45) is 0 Å². The van der Waals surface area contributed by atoms with Gasteiger partial charge in [0.05, 0.1) is 13.2 Å². The van der Waals surface area contributed by atoms with Gasteiger partial charge in [0, 0.05) is 26.2 Å². The first-order valence-corrected chi connectivity index (χ1v) is 7.84. The van der Waals surface area contributed by atoms with Crippen molar-refractivity contribution in [1.82, 2.24) is 9.80 Å². The number of para-hydroxylation sites is 2. The Labute approximate surface area is 141 Å². The molecule has 0 aliphatic carbocycles. The smallest absolute Gasteiger partial charge is 0.260 e. The number of benzene rings is 1. The van der Waals surface area contributed by atoms with Crippen LogP contribution in [-0.4, -0.2) is 61.5 Å². The maximum atomic E-state index is 12.3. The molecule has 1 fully saturated rings. The molecule has 0 bridgehead atoms. The van der Waals surface area contributed by atoms with E-state index in [1.165, 1.54) is 0 Å². The Balaban J connectivity index is 1.87. The second-order valence-electron chi connectivity index (χ2n) is 5.39. The third-order valence-corrected chi connectivity index (χ3v) is 3.85. The number of hydrogen-bond donors (Lipinski definition) is 0. The summed E-state index contributed by atoms with van der Waals surface area (Å²) in [5, 5.41) is 8.61. The minimum absolute atomic E-state index is 0.0769. The van der Waals surface area contributed by atoms with E-state index in [0.717, 1.165) is 0 Å². The molecule has 7 nitrogen and oxygen atoms in total. The van der Waals surface area contributed by atoms with Crippen LogP contribution in [0.5, 0.6) is 11.5 Å². The maximum Gasteiger partial charge on any atom is 0.260 e. The Bertz CT molecular complexity index is 627. The van der Waals surface area contributed by atoms with Gasteiger partial charge in [-0.25, -0.2) is 0 Å². The van der Waals surface area contributed by atoms with Gasteiger partial charge < -0.3 is 19.3 Å². The molecule has 1 heterocycles. The Hall–Kier alpha value is -2.75. The Morgan fingerprint density at radius 2 is 1.71 bits per heavy atom. The summed E-state index contributed by atoms with van der Waals surface area (Å²) < 4.78 is 10.7. The van der Waals surface area contributed by atoms with Gasteiger partial charge in [-0.3, -0.25) is 9.59 Å². The van der Waals surface area contributed by atoms with Gasteiger partial charge in [0.1, 0.15) is 6.42 Å². The quantitative estimate of drug-likeness (QED) is 0.805. The number of carbonyl (C=O) groups excluding carboxylic acids is 2. The summed E-state index contributed by atoms with van der Waals surface area (Å²) in [7, 11) is 1.55. The van der Waals surface area contributed by atoms with Crippen LogP contribution in [0.3, 0.4) is 0 Å². The zero-order valence-corrected chi connectivity index (χ0v) is 13.7. The topological polar surface area (TPSA) is 82.9 Å². The number of hydrogen-bond acceptors (Lipinski definition) is 5. The highest BCUT2D eigenvalue weighted by Gasteiger charge is 2.22. The van der Waals surface area contributed by atoms with Crippen LogP contribution in [0.4, 0.5) is 0 Å². The number of rotatable bonds is 5. The van der Waals surface area contributed by atoms with Gasteiger partial charge in [-0.2, -0.15) is 5.26 Å². The van der Waals surface area contributed by atoms with Gasteiger partial charge in [-0.05, 0) is 18.6 Å². The monoisotopic (exact) mass is 331 g/mol. The van der Waals surface area contributed by atoms with Crippen molar-refractivity contribution in [2.45, 2.75) is 12.8 Å². The molecule has 2 amide bonds. The molecule has 128 valence electrons. The molecule has 1 aliphatic rings.